The number of methoxy groups -OCH3 is 1. The summed E-state index contributed by atoms with van der Waals surface area (Å²) in [6.07, 6.45) is 1.54. The van der Waals surface area contributed by atoms with E-state index in [1.165, 1.54) is 0 Å². The Balaban J connectivity index is 2.05. The zero-order chi connectivity index (χ0) is 21.4. The molecule has 7 nitrogen and oxygen atoms in total. The number of carbonyl (C=O) groups excluding carboxylic acids is 2. The Morgan fingerprint density at radius 2 is 1.86 bits per heavy atom. The molecule has 0 spiro atoms. The lowest BCUT2D eigenvalue weighted by atomic mass is 9.95. The van der Waals surface area contributed by atoms with Crippen LogP contribution in [0.15, 0.2) is 24.3 Å². The second-order valence-electron chi connectivity index (χ2n) is 8.36. The summed E-state index contributed by atoms with van der Waals surface area (Å²) in [4.78, 5) is 26.5. The molecule has 1 heterocycles. The van der Waals surface area contributed by atoms with Crippen LogP contribution in [-0.4, -0.2) is 54.9 Å². The Bertz CT molecular complexity index is 669. The van der Waals surface area contributed by atoms with Crippen LogP contribution in [0.3, 0.4) is 0 Å². The van der Waals surface area contributed by atoms with Gasteiger partial charge >= 0.3 is 12.1 Å². The number of piperidine rings is 1. The fourth-order valence-electron chi connectivity index (χ4n) is 3.49. The smallest absolute Gasteiger partial charge is 0.407 e. The van der Waals surface area contributed by atoms with Gasteiger partial charge in [-0.1, -0.05) is 12.1 Å². The van der Waals surface area contributed by atoms with Gasteiger partial charge in [0.25, 0.3) is 0 Å². The lowest BCUT2D eigenvalue weighted by Crippen LogP contribution is -2.52. The summed E-state index contributed by atoms with van der Waals surface area (Å²) in [5, 5.41) is 2.97. The minimum absolute atomic E-state index is 0.0263. The molecular weight excluding hydrogens is 372 g/mol. The lowest BCUT2D eigenvalue weighted by molar-refractivity contribution is -0.145. The number of alkyl carbamates (subject to hydrolysis) is 1. The van der Waals surface area contributed by atoms with Crippen molar-refractivity contribution in [1.29, 1.82) is 0 Å². The highest BCUT2D eigenvalue weighted by Gasteiger charge is 2.31. The van der Waals surface area contributed by atoms with Crippen LogP contribution in [0.5, 0.6) is 5.75 Å². The average Bonchev–Trinajstić information content (AvgIpc) is 2.63. The molecular formula is C22H34N2O5. The van der Waals surface area contributed by atoms with Gasteiger partial charge in [-0.2, -0.15) is 0 Å². The molecule has 1 saturated heterocycles. The van der Waals surface area contributed by atoms with Gasteiger partial charge in [-0.15, -0.1) is 0 Å². The minimum Gasteiger partial charge on any atom is -0.497 e. The number of esters is 1. The third kappa shape index (κ3) is 7.93. The molecule has 1 aliphatic rings. The van der Waals surface area contributed by atoms with E-state index in [1.54, 1.807) is 7.11 Å². The third-order valence-electron chi connectivity index (χ3n) is 4.79. The predicted molar refractivity (Wildman–Crippen MR) is 111 cm³/mol. The third-order valence-corrected chi connectivity index (χ3v) is 4.79. The standard InChI is InChI=1S/C22H34N2O5/c1-6-28-20(25)13-18-10-9-17(23-21(26)29-22(2,3)4)15-24(18)14-16-7-11-19(27-5)12-8-16/h7-8,11-12,17-18H,6,9-10,13-15H2,1-5H3,(H,23,26). The van der Waals surface area contributed by atoms with Gasteiger partial charge < -0.3 is 19.5 Å². The summed E-state index contributed by atoms with van der Waals surface area (Å²) >= 11 is 0. The number of rotatable bonds is 7. The summed E-state index contributed by atoms with van der Waals surface area (Å²) in [6.45, 7) is 9.06. The topological polar surface area (TPSA) is 77.1 Å². The number of carbonyl (C=O) groups is 2. The highest BCUT2D eigenvalue weighted by Crippen LogP contribution is 2.24. The molecule has 0 saturated carbocycles. The molecule has 2 unspecified atom stereocenters. The van der Waals surface area contributed by atoms with E-state index in [2.05, 4.69) is 10.2 Å². The molecule has 1 fully saturated rings. The highest BCUT2D eigenvalue weighted by molar-refractivity contribution is 5.70. The number of nitrogens with one attached hydrogen (secondary N) is 1. The first-order valence-corrected chi connectivity index (χ1v) is 10.2. The average molecular weight is 407 g/mol. The number of ether oxygens (including phenoxy) is 3. The van der Waals surface area contributed by atoms with Crippen LogP contribution >= 0.6 is 0 Å². The molecule has 2 atom stereocenters. The summed E-state index contributed by atoms with van der Waals surface area (Å²) in [7, 11) is 1.64. The van der Waals surface area contributed by atoms with Crippen molar-refractivity contribution < 1.29 is 23.8 Å². The van der Waals surface area contributed by atoms with Crippen LogP contribution in [0, 0.1) is 0 Å². The summed E-state index contributed by atoms with van der Waals surface area (Å²) in [5.41, 5.74) is 0.589. The van der Waals surface area contributed by atoms with E-state index in [4.69, 9.17) is 14.2 Å². The lowest BCUT2D eigenvalue weighted by Gasteiger charge is -2.39. The monoisotopic (exact) mass is 406 g/mol. The van der Waals surface area contributed by atoms with E-state index in [0.29, 0.717) is 26.1 Å². The van der Waals surface area contributed by atoms with Crippen LogP contribution in [-0.2, 0) is 20.8 Å². The Morgan fingerprint density at radius 3 is 2.45 bits per heavy atom. The van der Waals surface area contributed by atoms with Crippen LogP contribution in [0.4, 0.5) is 4.79 Å². The Labute approximate surface area is 173 Å². The van der Waals surface area contributed by atoms with Crippen LogP contribution < -0.4 is 10.1 Å². The molecule has 0 aliphatic carbocycles. The largest absolute Gasteiger partial charge is 0.497 e. The highest BCUT2D eigenvalue weighted by atomic mass is 16.6. The number of nitrogens with zero attached hydrogens (tertiary/aromatic N) is 1. The molecule has 0 bridgehead atoms. The molecule has 1 aromatic carbocycles. The quantitative estimate of drug-likeness (QED) is 0.699. The van der Waals surface area contributed by atoms with Crippen LogP contribution in [0.2, 0.25) is 0 Å². The van der Waals surface area contributed by atoms with Crippen molar-refractivity contribution in [2.24, 2.45) is 0 Å². The molecule has 0 radical (unpaired) electrons. The fraction of sp³-hybridized carbons (Fsp3) is 0.636. The van der Waals surface area contributed by atoms with Gasteiger partial charge in [0.05, 0.1) is 20.1 Å². The minimum atomic E-state index is -0.534. The number of likely N-dealkylation sites (tertiary alicyclic amines) is 1. The zero-order valence-electron chi connectivity index (χ0n) is 18.2. The second kappa shape index (κ2) is 10.5. The van der Waals surface area contributed by atoms with Gasteiger partial charge in [0.2, 0.25) is 0 Å². The summed E-state index contributed by atoms with van der Waals surface area (Å²) in [5.74, 6) is 0.621. The molecule has 1 aliphatic heterocycles. The first kappa shape index (κ1) is 23.0. The van der Waals surface area contributed by atoms with E-state index >= 15 is 0 Å². The predicted octanol–water partition coefficient (Wildman–Crippen LogP) is 3.51. The van der Waals surface area contributed by atoms with Crippen molar-refractivity contribution in [3.8, 4) is 5.75 Å². The first-order chi connectivity index (χ1) is 13.7. The number of benzene rings is 1. The van der Waals surface area contributed by atoms with Gasteiger partial charge in [-0.05, 0) is 58.2 Å². The number of amides is 1. The second-order valence-corrected chi connectivity index (χ2v) is 8.36. The SMILES string of the molecule is CCOC(=O)CC1CCC(NC(=O)OC(C)(C)C)CN1Cc1ccc(OC)cc1. The number of hydrogen-bond acceptors (Lipinski definition) is 6. The van der Waals surface area contributed by atoms with Gasteiger partial charge in [-0.3, -0.25) is 9.69 Å². The summed E-state index contributed by atoms with van der Waals surface area (Å²) in [6, 6.07) is 7.94. The van der Waals surface area contributed by atoms with E-state index < -0.39 is 11.7 Å². The van der Waals surface area contributed by atoms with E-state index in [1.807, 2.05) is 52.0 Å². The first-order valence-electron chi connectivity index (χ1n) is 10.2. The van der Waals surface area contributed by atoms with Crippen LogP contribution in [0.1, 0.15) is 52.5 Å². The van der Waals surface area contributed by atoms with E-state index in [-0.39, 0.29) is 18.1 Å². The Kier molecular flexibility index (Phi) is 8.32. The molecule has 2 rings (SSSR count). The van der Waals surface area contributed by atoms with Gasteiger partial charge in [-0.25, -0.2) is 4.79 Å². The van der Waals surface area contributed by atoms with E-state index in [9.17, 15) is 9.59 Å². The van der Waals surface area contributed by atoms with Gasteiger partial charge in [0.15, 0.2) is 0 Å². The van der Waals surface area contributed by atoms with Crippen molar-refractivity contribution in [2.45, 2.75) is 71.2 Å². The molecule has 0 aromatic heterocycles. The fourth-order valence-corrected chi connectivity index (χ4v) is 3.49. The van der Waals surface area contributed by atoms with Crippen LogP contribution in [0.25, 0.3) is 0 Å². The maximum atomic E-state index is 12.2. The maximum Gasteiger partial charge on any atom is 0.407 e. The van der Waals surface area contributed by atoms with Crippen molar-refractivity contribution in [2.75, 3.05) is 20.3 Å². The molecule has 1 amide bonds. The molecule has 162 valence electrons. The maximum absolute atomic E-state index is 12.2. The zero-order valence-corrected chi connectivity index (χ0v) is 18.2. The number of hydrogen-bond donors (Lipinski definition) is 1. The molecule has 1 aromatic rings. The van der Waals surface area contributed by atoms with Gasteiger partial charge in [0.1, 0.15) is 11.4 Å². The molecule has 1 N–H and O–H groups in total. The van der Waals surface area contributed by atoms with Crippen molar-refractivity contribution in [1.82, 2.24) is 10.2 Å². The normalized spacial score (nSPS) is 20.0. The van der Waals surface area contributed by atoms with Crippen molar-refractivity contribution in [3.63, 3.8) is 0 Å². The Hall–Kier alpha value is -2.28. The van der Waals surface area contributed by atoms with Gasteiger partial charge in [0, 0.05) is 25.2 Å². The summed E-state index contributed by atoms with van der Waals surface area (Å²) < 4.78 is 15.8. The Morgan fingerprint density at radius 1 is 1.17 bits per heavy atom. The van der Waals surface area contributed by atoms with Crippen molar-refractivity contribution >= 4 is 12.1 Å². The molecule has 7 heteroatoms. The van der Waals surface area contributed by atoms with Crippen molar-refractivity contribution in [3.05, 3.63) is 29.8 Å². The molecule has 29 heavy (non-hydrogen) atoms. The van der Waals surface area contributed by atoms with E-state index in [0.717, 1.165) is 24.2 Å².